The van der Waals surface area contributed by atoms with Gasteiger partial charge in [-0.2, -0.15) is 5.10 Å². The number of aromatic nitrogens is 2. The molecule has 1 aromatic carbocycles. The zero-order chi connectivity index (χ0) is 20.7. The van der Waals surface area contributed by atoms with Crippen LogP contribution in [0.25, 0.3) is 11.3 Å². The molecule has 1 aliphatic heterocycles. The topological polar surface area (TPSA) is 58.4 Å². The molecule has 1 saturated heterocycles. The summed E-state index contributed by atoms with van der Waals surface area (Å²) >= 11 is 1.73. The maximum Gasteiger partial charge on any atom is 0.272 e. The zero-order valence-corrected chi connectivity index (χ0v) is 17.7. The van der Waals surface area contributed by atoms with Crippen LogP contribution in [0.3, 0.4) is 0 Å². The fourth-order valence-corrected chi connectivity index (χ4v) is 5.14. The first-order valence-corrected chi connectivity index (χ1v) is 11.2. The first kappa shape index (κ1) is 19.1. The van der Waals surface area contributed by atoms with Crippen LogP contribution in [0.4, 0.5) is 0 Å². The molecule has 2 aromatic heterocycles. The van der Waals surface area contributed by atoms with Crippen LogP contribution in [0, 0.1) is 5.92 Å². The van der Waals surface area contributed by atoms with Gasteiger partial charge in [0, 0.05) is 55.5 Å². The smallest absolute Gasteiger partial charge is 0.272 e. The minimum absolute atomic E-state index is 0.0258. The van der Waals surface area contributed by atoms with Gasteiger partial charge in [-0.3, -0.25) is 14.3 Å². The Balaban J connectivity index is 1.20. The number of rotatable bonds is 4. The summed E-state index contributed by atoms with van der Waals surface area (Å²) < 4.78 is 1.65. The molecule has 0 unspecified atom stereocenters. The molecule has 0 bridgehead atoms. The molecule has 2 amide bonds. The van der Waals surface area contributed by atoms with Crippen molar-refractivity contribution in [3.8, 4) is 11.3 Å². The predicted molar refractivity (Wildman–Crippen MR) is 116 cm³/mol. The van der Waals surface area contributed by atoms with Crippen molar-refractivity contribution in [3.05, 3.63) is 64.5 Å². The summed E-state index contributed by atoms with van der Waals surface area (Å²) in [5.74, 6) is 0.731. The van der Waals surface area contributed by atoms with E-state index in [0.717, 1.165) is 17.7 Å². The van der Waals surface area contributed by atoms with Crippen molar-refractivity contribution in [2.24, 2.45) is 13.0 Å². The largest absolute Gasteiger partial charge is 0.339 e. The van der Waals surface area contributed by atoms with Gasteiger partial charge in [0.15, 0.2) is 0 Å². The van der Waals surface area contributed by atoms with E-state index in [1.165, 1.54) is 4.88 Å². The van der Waals surface area contributed by atoms with Crippen molar-refractivity contribution in [1.29, 1.82) is 0 Å². The third-order valence-corrected chi connectivity index (χ3v) is 7.07. The summed E-state index contributed by atoms with van der Waals surface area (Å²) in [6.45, 7) is 2.32. The highest BCUT2D eigenvalue weighted by Gasteiger charge is 2.46. The van der Waals surface area contributed by atoms with E-state index < -0.39 is 0 Å². The van der Waals surface area contributed by atoms with Crippen molar-refractivity contribution in [2.45, 2.75) is 12.3 Å². The zero-order valence-electron chi connectivity index (χ0n) is 16.9. The van der Waals surface area contributed by atoms with Crippen LogP contribution >= 0.6 is 11.3 Å². The van der Waals surface area contributed by atoms with Gasteiger partial charge in [0.2, 0.25) is 5.91 Å². The summed E-state index contributed by atoms with van der Waals surface area (Å²) in [5.41, 5.74) is 2.37. The molecule has 7 heteroatoms. The van der Waals surface area contributed by atoms with Gasteiger partial charge in [0.1, 0.15) is 5.69 Å². The van der Waals surface area contributed by atoms with Crippen LogP contribution in [-0.4, -0.2) is 57.6 Å². The van der Waals surface area contributed by atoms with Crippen LogP contribution in [0.2, 0.25) is 0 Å². The lowest BCUT2D eigenvalue weighted by Gasteiger charge is -2.35. The van der Waals surface area contributed by atoms with Crippen LogP contribution in [-0.2, 0) is 11.8 Å². The number of carbonyl (C=O) groups is 2. The Morgan fingerprint density at radius 1 is 1.00 bits per heavy atom. The van der Waals surface area contributed by atoms with Gasteiger partial charge in [-0.15, -0.1) is 11.3 Å². The molecule has 2 fully saturated rings. The standard InChI is InChI=1S/C23H24N4O2S/c1-25-20(15-19(24-25)16-6-3-2-4-7-16)23(29)27-11-9-26(10-12-27)22(28)18-14-17(18)21-8-5-13-30-21/h2-8,13,15,17-18H,9-12,14H2,1H3/t17-,18+/m0/s1. The van der Waals surface area contributed by atoms with E-state index in [9.17, 15) is 9.59 Å². The number of amides is 2. The molecule has 3 aromatic rings. The van der Waals surface area contributed by atoms with E-state index in [-0.39, 0.29) is 17.7 Å². The second kappa shape index (κ2) is 7.72. The number of thiophene rings is 1. The summed E-state index contributed by atoms with van der Waals surface area (Å²) in [7, 11) is 1.80. The minimum atomic E-state index is -0.0258. The Morgan fingerprint density at radius 2 is 1.73 bits per heavy atom. The summed E-state index contributed by atoms with van der Waals surface area (Å²) in [5, 5.41) is 6.58. The molecule has 1 aliphatic carbocycles. The van der Waals surface area contributed by atoms with Crippen LogP contribution in [0.5, 0.6) is 0 Å². The van der Waals surface area contributed by atoms with E-state index >= 15 is 0 Å². The molecular formula is C23H24N4O2S. The van der Waals surface area contributed by atoms with Gasteiger partial charge in [-0.25, -0.2) is 0 Å². The molecule has 0 N–H and O–H groups in total. The lowest BCUT2D eigenvalue weighted by molar-refractivity contribution is -0.134. The lowest BCUT2D eigenvalue weighted by Crippen LogP contribution is -2.51. The highest BCUT2D eigenvalue weighted by atomic mass is 32.1. The second-order valence-electron chi connectivity index (χ2n) is 7.99. The maximum absolute atomic E-state index is 13.1. The fraction of sp³-hybridized carbons (Fsp3) is 0.348. The average Bonchev–Trinajstić information content (AvgIpc) is 3.19. The number of carbonyl (C=O) groups excluding carboxylic acids is 2. The highest BCUT2D eigenvalue weighted by molar-refractivity contribution is 7.10. The van der Waals surface area contributed by atoms with Crippen molar-refractivity contribution in [2.75, 3.05) is 26.2 Å². The number of hydrogen-bond acceptors (Lipinski definition) is 4. The van der Waals surface area contributed by atoms with E-state index in [1.54, 1.807) is 23.1 Å². The number of nitrogens with zero attached hydrogens (tertiary/aromatic N) is 4. The van der Waals surface area contributed by atoms with Crippen molar-refractivity contribution in [1.82, 2.24) is 19.6 Å². The third kappa shape index (κ3) is 3.54. The minimum Gasteiger partial charge on any atom is -0.339 e. The van der Waals surface area contributed by atoms with Crippen molar-refractivity contribution >= 4 is 23.2 Å². The van der Waals surface area contributed by atoms with Gasteiger partial charge in [-0.05, 0) is 23.9 Å². The molecular weight excluding hydrogens is 396 g/mol. The fourth-order valence-electron chi connectivity index (χ4n) is 4.23. The third-order valence-electron chi connectivity index (χ3n) is 6.06. The molecule has 0 radical (unpaired) electrons. The number of piperazine rings is 1. The molecule has 6 nitrogen and oxygen atoms in total. The van der Waals surface area contributed by atoms with Gasteiger partial charge >= 0.3 is 0 Å². The first-order valence-electron chi connectivity index (χ1n) is 10.3. The molecule has 154 valence electrons. The monoisotopic (exact) mass is 420 g/mol. The predicted octanol–water partition coefficient (Wildman–Crippen LogP) is 3.24. The molecule has 2 aliphatic rings. The highest BCUT2D eigenvalue weighted by Crippen LogP contribution is 2.50. The molecule has 3 heterocycles. The SMILES string of the molecule is Cn1nc(-c2ccccc2)cc1C(=O)N1CCN(C(=O)[C@@H]2C[C@@H]2c2cccs2)CC1. The average molecular weight is 421 g/mol. The molecule has 0 spiro atoms. The normalized spacial score (nSPS) is 21.0. The van der Waals surface area contributed by atoms with E-state index in [2.05, 4.69) is 16.5 Å². The Kier molecular flexibility index (Phi) is 4.90. The quantitative estimate of drug-likeness (QED) is 0.651. The number of benzene rings is 1. The van der Waals surface area contributed by atoms with E-state index in [0.29, 0.717) is 37.8 Å². The lowest BCUT2D eigenvalue weighted by atomic mass is 10.1. The van der Waals surface area contributed by atoms with E-state index in [1.807, 2.05) is 52.3 Å². The van der Waals surface area contributed by atoms with E-state index in [4.69, 9.17) is 0 Å². The second-order valence-corrected chi connectivity index (χ2v) is 8.97. The Labute approximate surface area is 179 Å². The van der Waals surface area contributed by atoms with Crippen LogP contribution < -0.4 is 0 Å². The number of hydrogen-bond donors (Lipinski definition) is 0. The Morgan fingerprint density at radius 3 is 2.43 bits per heavy atom. The molecule has 1 saturated carbocycles. The van der Waals surface area contributed by atoms with Crippen molar-refractivity contribution in [3.63, 3.8) is 0 Å². The first-order chi connectivity index (χ1) is 14.6. The van der Waals surface area contributed by atoms with Gasteiger partial charge in [0.05, 0.1) is 5.69 Å². The maximum atomic E-state index is 13.1. The van der Waals surface area contributed by atoms with Crippen molar-refractivity contribution < 1.29 is 9.59 Å². The summed E-state index contributed by atoms with van der Waals surface area (Å²) in [6, 6.07) is 15.9. The summed E-state index contributed by atoms with van der Waals surface area (Å²) in [6.07, 6.45) is 0.954. The van der Waals surface area contributed by atoms with Gasteiger partial charge in [0.25, 0.3) is 5.91 Å². The number of aryl methyl sites for hydroxylation is 1. The molecule has 30 heavy (non-hydrogen) atoms. The van der Waals surface area contributed by atoms with Gasteiger partial charge < -0.3 is 9.80 Å². The Bertz CT molecular complexity index is 1050. The van der Waals surface area contributed by atoms with Gasteiger partial charge in [-0.1, -0.05) is 36.4 Å². The van der Waals surface area contributed by atoms with Crippen LogP contribution in [0.1, 0.15) is 27.7 Å². The summed E-state index contributed by atoms with van der Waals surface area (Å²) in [4.78, 5) is 31.0. The molecule has 5 rings (SSSR count). The van der Waals surface area contributed by atoms with Crippen LogP contribution in [0.15, 0.2) is 53.9 Å². The Hall–Kier alpha value is -2.93. The molecule has 2 atom stereocenters.